The van der Waals surface area contributed by atoms with Crippen LogP contribution in [-0.4, -0.2) is 42.5 Å². The molecule has 6 nitrogen and oxygen atoms in total. The minimum Gasteiger partial charge on any atom is -0.481 e. The van der Waals surface area contributed by atoms with E-state index in [0.29, 0.717) is 28.4 Å². The molecule has 2 aromatic rings. The van der Waals surface area contributed by atoms with Gasteiger partial charge < -0.3 is 18.8 Å². The van der Waals surface area contributed by atoms with Crippen LogP contribution in [0.15, 0.2) is 23.9 Å². The lowest BCUT2D eigenvalue weighted by atomic mass is 9.86. The molecule has 3 rings (SSSR count). The van der Waals surface area contributed by atoms with Crippen molar-refractivity contribution in [3.8, 4) is 11.8 Å². The SMILES string of the molecule is COc1ccc2c(C=C(F)B3OC(C)(C)C(C)(C)O3)cc(OC)nc2n1. The van der Waals surface area contributed by atoms with Crippen LogP contribution in [0.25, 0.3) is 17.1 Å². The molecule has 1 aliphatic heterocycles. The Kier molecular flexibility index (Phi) is 4.66. The van der Waals surface area contributed by atoms with Gasteiger partial charge in [0.1, 0.15) is 5.73 Å². The second-order valence-corrected chi connectivity index (χ2v) is 7.10. The van der Waals surface area contributed by atoms with Crippen LogP contribution in [0, 0.1) is 0 Å². The van der Waals surface area contributed by atoms with Crippen LogP contribution >= 0.6 is 0 Å². The summed E-state index contributed by atoms with van der Waals surface area (Å²) in [6.45, 7) is 7.51. The number of hydrogen-bond acceptors (Lipinski definition) is 6. The summed E-state index contributed by atoms with van der Waals surface area (Å²) >= 11 is 0. The van der Waals surface area contributed by atoms with Crippen molar-refractivity contribution < 1.29 is 23.2 Å². The summed E-state index contributed by atoms with van der Waals surface area (Å²) in [5, 5.41) is 0.665. The predicted octanol–water partition coefficient (Wildman–Crippen LogP) is 3.59. The fourth-order valence-corrected chi connectivity index (χ4v) is 2.60. The minimum absolute atomic E-state index is 0.325. The second kappa shape index (κ2) is 6.52. The normalized spacial score (nSPS) is 19.0. The second-order valence-electron chi connectivity index (χ2n) is 7.10. The molecule has 0 aromatic carbocycles. The van der Waals surface area contributed by atoms with Gasteiger partial charge in [-0.25, -0.2) is 4.39 Å². The summed E-state index contributed by atoms with van der Waals surface area (Å²) in [7, 11) is 1.94. The topological polar surface area (TPSA) is 62.7 Å². The van der Waals surface area contributed by atoms with Crippen LogP contribution in [0.5, 0.6) is 11.8 Å². The minimum atomic E-state index is -1.07. The van der Waals surface area contributed by atoms with Crippen molar-refractivity contribution in [2.75, 3.05) is 14.2 Å². The smallest absolute Gasteiger partial charge is 0.481 e. The fourth-order valence-electron chi connectivity index (χ4n) is 2.60. The first-order valence-corrected chi connectivity index (χ1v) is 8.29. The Hall–Kier alpha value is -2.19. The molecule has 0 radical (unpaired) electrons. The van der Waals surface area contributed by atoms with Crippen molar-refractivity contribution in [1.29, 1.82) is 0 Å². The van der Waals surface area contributed by atoms with Crippen LogP contribution in [0.3, 0.4) is 0 Å². The molecule has 2 aromatic heterocycles. The van der Waals surface area contributed by atoms with Crippen LogP contribution in [0.4, 0.5) is 4.39 Å². The Morgan fingerprint density at radius 3 is 2.19 bits per heavy atom. The number of ether oxygens (including phenoxy) is 2. The summed E-state index contributed by atoms with van der Waals surface area (Å²) < 4.78 is 36.7. The van der Waals surface area contributed by atoms with Gasteiger partial charge >= 0.3 is 7.12 Å². The number of nitrogens with zero attached hydrogens (tertiary/aromatic N) is 2. The molecule has 1 saturated heterocycles. The zero-order chi connectivity index (χ0) is 19.1. The van der Waals surface area contributed by atoms with Gasteiger partial charge in [0.2, 0.25) is 11.8 Å². The number of aromatic nitrogens is 2. The van der Waals surface area contributed by atoms with Crippen LogP contribution < -0.4 is 9.47 Å². The van der Waals surface area contributed by atoms with Gasteiger partial charge in [-0.3, -0.25) is 0 Å². The first-order chi connectivity index (χ1) is 12.2. The number of fused-ring (bicyclic) bond motifs is 1. The van der Waals surface area contributed by atoms with Crippen molar-refractivity contribution in [2.45, 2.75) is 38.9 Å². The van der Waals surface area contributed by atoms with E-state index in [-0.39, 0.29) is 0 Å². The summed E-state index contributed by atoms with van der Waals surface area (Å²) in [5.74, 6) is 0.742. The maximum absolute atomic E-state index is 14.9. The molecule has 0 bridgehead atoms. The zero-order valence-corrected chi connectivity index (χ0v) is 15.8. The van der Waals surface area contributed by atoms with Gasteiger partial charge in [0.15, 0.2) is 5.65 Å². The van der Waals surface area contributed by atoms with Gasteiger partial charge in [-0.05, 0) is 45.4 Å². The number of rotatable bonds is 4. The molecule has 8 heteroatoms. The Morgan fingerprint density at radius 2 is 1.62 bits per heavy atom. The maximum Gasteiger partial charge on any atom is 0.525 e. The molecule has 138 valence electrons. The summed E-state index contributed by atoms with van der Waals surface area (Å²) in [6.07, 6.45) is 1.36. The van der Waals surface area contributed by atoms with E-state index in [9.17, 15) is 4.39 Å². The molecule has 1 aliphatic rings. The Labute approximate surface area is 152 Å². The molecule has 0 unspecified atom stereocenters. The first kappa shape index (κ1) is 18.6. The summed E-state index contributed by atoms with van der Waals surface area (Å²) in [6, 6.07) is 5.11. The summed E-state index contributed by atoms with van der Waals surface area (Å²) in [4.78, 5) is 8.57. The van der Waals surface area contributed by atoms with E-state index in [0.717, 1.165) is 0 Å². The highest BCUT2D eigenvalue weighted by atomic mass is 19.1. The average molecular weight is 360 g/mol. The molecule has 0 N–H and O–H groups in total. The number of methoxy groups -OCH3 is 2. The summed E-state index contributed by atoms with van der Waals surface area (Å²) in [5.41, 5.74) is -0.800. The highest BCUT2D eigenvalue weighted by molar-refractivity contribution is 6.54. The number of pyridine rings is 2. The van der Waals surface area contributed by atoms with Gasteiger partial charge in [-0.1, -0.05) is 0 Å². The zero-order valence-electron chi connectivity index (χ0n) is 15.8. The highest BCUT2D eigenvalue weighted by Gasteiger charge is 2.53. The maximum atomic E-state index is 14.9. The van der Waals surface area contributed by atoms with E-state index in [1.54, 1.807) is 18.2 Å². The molecule has 0 amide bonds. The molecule has 0 atom stereocenters. The van der Waals surface area contributed by atoms with Crippen molar-refractivity contribution in [3.63, 3.8) is 0 Å². The third-order valence-corrected chi connectivity index (χ3v) is 4.85. The standard InChI is InChI=1S/C18H22BFN2O4/c1-17(2)18(3,4)26-19(25-17)13(20)9-11-10-15(24-6)22-16-12(11)7-8-14(21-16)23-5/h7-10H,1-6H3. The van der Waals surface area contributed by atoms with E-state index in [2.05, 4.69) is 9.97 Å². The molecule has 0 saturated carbocycles. The monoisotopic (exact) mass is 360 g/mol. The number of halogens is 1. The predicted molar refractivity (Wildman–Crippen MR) is 97.8 cm³/mol. The molecule has 3 heterocycles. The Balaban J connectivity index is 2.03. The van der Waals surface area contributed by atoms with Gasteiger partial charge in [-0.2, -0.15) is 9.97 Å². The quantitative estimate of drug-likeness (QED) is 0.777. The lowest BCUT2D eigenvalue weighted by Crippen LogP contribution is -2.41. The van der Waals surface area contributed by atoms with E-state index in [4.69, 9.17) is 18.8 Å². The average Bonchev–Trinajstić information content (AvgIpc) is 2.81. The lowest BCUT2D eigenvalue weighted by Gasteiger charge is -2.32. The van der Waals surface area contributed by atoms with Crippen molar-refractivity contribution in [2.24, 2.45) is 0 Å². The van der Waals surface area contributed by atoms with Crippen molar-refractivity contribution in [1.82, 2.24) is 9.97 Å². The van der Waals surface area contributed by atoms with Gasteiger partial charge in [0, 0.05) is 17.5 Å². The Morgan fingerprint density at radius 1 is 1.04 bits per heavy atom. The highest BCUT2D eigenvalue weighted by Crippen LogP contribution is 2.39. The Bertz CT molecular complexity index is 848. The van der Waals surface area contributed by atoms with Gasteiger partial charge in [-0.15, -0.1) is 0 Å². The van der Waals surface area contributed by atoms with Crippen LogP contribution in [0.2, 0.25) is 0 Å². The lowest BCUT2D eigenvalue weighted by molar-refractivity contribution is 0.00578. The van der Waals surface area contributed by atoms with Gasteiger partial charge in [0.05, 0.1) is 25.4 Å². The number of hydrogen-bond donors (Lipinski definition) is 0. The molecule has 0 spiro atoms. The van der Waals surface area contributed by atoms with E-state index >= 15 is 0 Å². The van der Waals surface area contributed by atoms with Crippen molar-refractivity contribution in [3.05, 3.63) is 29.5 Å². The molecular formula is C18H22BFN2O4. The first-order valence-electron chi connectivity index (χ1n) is 8.29. The van der Waals surface area contributed by atoms with Crippen LogP contribution in [0.1, 0.15) is 33.3 Å². The fraction of sp³-hybridized carbons (Fsp3) is 0.444. The van der Waals surface area contributed by atoms with Gasteiger partial charge in [0.25, 0.3) is 0 Å². The van der Waals surface area contributed by atoms with Crippen molar-refractivity contribution >= 4 is 24.2 Å². The van der Waals surface area contributed by atoms with Crippen LogP contribution in [-0.2, 0) is 9.31 Å². The molecule has 26 heavy (non-hydrogen) atoms. The van der Waals surface area contributed by atoms with E-state index in [1.807, 2.05) is 27.7 Å². The molecular weight excluding hydrogens is 338 g/mol. The molecule has 0 aliphatic carbocycles. The third-order valence-electron chi connectivity index (χ3n) is 4.85. The van der Waals surface area contributed by atoms with E-state index in [1.165, 1.54) is 20.3 Å². The largest absolute Gasteiger partial charge is 0.525 e. The van der Waals surface area contributed by atoms with E-state index < -0.39 is 24.0 Å². The third kappa shape index (κ3) is 3.26. The molecule has 1 fully saturated rings.